The van der Waals surface area contributed by atoms with Gasteiger partial charge in [0.2, 0.25) is 11.8 Å². The van der Waals surface area contributed by atoms with E-state index in [0.29, 0.717) is 18.5 Å². The summed E-state index contributed by atoms with van der Waals surface area (Å²) in [5.74, 6) is -0.139. The van der Waals surface area contributed by atoms with Gasteiger partial charge in [0.05, 0.1) is 12.0 Å². The van der Waals surface area contributed by atoms with Gasteiger partial charge in [0.1, 0.15) is 0 Å². The number of carbonyl (C=O) groups is 2. The van der Waals surface area contributed by atoms with Gasteiger partial charge in [-0.1, -0.05) is 43.2 Å². The number of nitrogens with one attached hydrogen (secondary N) is 1. The number of benzene rings is 1. The first kappa shape index (κ1) is 18.5. The fourth-order valence-electron chi connectivity index (χ4n) is 3.06. The minimum Gasteiger partial charge on any atom is -0.385 e. The van der Waals surface area contributed by atoms with Crippen LogP contribution >= 0.6 is 0 Å². The van der Waals surface area contributed by atoms with Crippen LogP contribution in [0.5, 0.6) is 0 Å². The minimum absolute atomic E-state index is 0.0189. The average Bonchev–Trinajstić information content (AvgIpc) is 2.84. The molecule has 0 aliphatic carbocycles. The zero-order valence-electron chi connectivity index (χ0n) is 14.5. The van der Waals surface area contributed by atoms with Gasteiger partial charge in [0.15, 0.2) is 0 Å². The average molecular weight is 332 g/mol. The number of rotatable bonds is 6. The van der Waals surface area contributed by atoms with E-state index in [1.54, 1.807) is 19.1 Å². The third-order valence-corrected chi connectivity index (χ3v) is 4.52. The smallest absolute Gasteiger partial charge is 0.224 e. The van der Waals surface area contributed by atoms with Gasteiger partial charge in [-0.15, -0.1) is 0 Å². The van der Waals surface area contributed by atoms with Gasteiger partial charge in [0, 0.05) is 26.1 Å². The van der Waals surface area contributed by atoms with Crippen molar-refractivity contribution in [3.8, 4) is 0 Å². The number of aliphatic hydroxyl groups is 1. The van der Waals surface area contributed by atoms with Gasteiger partial charge in [-0.2, -0.15) is 0 Å². The number of hydrogen-bond acceptors (Lipinski definition) is 3. The lowest BCUT2D eigenvalue weighted by Gasteiger charge is -2.23. The second-order valence-electron chi connectivity index (χ2n) is 6.71. The molecule has 1 aromatic carbocycles. The lowest BCUT2D eigenvalue weighted by Crippen LogP contribution is -2.37. The van der Waals surface area contributed by atoms with E-state index < -0.39 is 5.60 Å². The van der Waals surface area contributed by atoms with Crippen molar-refractivity contribution in [2.24, 2.45) is 0 Å². The van der Waals surface area contributed by atoms with Crippen molar-refractivity contribution in [1.82, 2.24) is 10.2 Å². The Morgan fingerprint density at radius 1 is 1.12 bits per heavy atom. The standard InChI is InChI=1S/C19H28N2O3/c1-19(24,16-9-5-4-6-10-16)15-17(22)20-12-11-18(23)21-13-7-2-3-8-14-21/h4-6,9-10,24H,2-3,7-8,11-15H2,1H3,(H,20,22). The first-order valence-electron chi connectivity index (χ1n) is 8.81. The maximum atomic E-state index is 12.2. The van der Waals surface area contributed by atoms with Crippen LogP contribution in [0.2, 0.25) is 0 Å². The number of likely N-dealkylation sites (tertiary alicyclic amines) is 1. The molecule has 2 amide bonds. The van der Waals surface area contributed by atoms with Gasteiger partial charge < -0.3 is 15.3 Å². The summed E-state index contributed by atoms with van der Waals surface area (Å²) in [6, 6.07) is 9.14. The van der Waals surface area contributed by atoms with Crippen LogP contribution in [0.15, 0.2) is 30.3 Å². The van der Waals surface area contributed by atoms with Crippen LogP contribution < -0.4 is 5.32 Å². The number of amides is 2. The highest BCUT2D eigenvalue weighted by Gasteiger charge is 2.26. The molecule has 0 saturated carbocycles. The number of hydrogen-bond donors (Lipinski definition) is 2. The Balaban J connectivity index is 1.73. The maximum absolute atomic E-state index is 12.2. The first-order valence-corrected chi connectivity index (χ1v) is 8.81. The predicted molar refractivity (Wildman–Crippen MR) is 93.3 cm³/mol. The molecule has 132 valence electrons. The Morgan fingerprint density at radius 2 is 1.75 bits per heavy atom. The first-order chi connectivity index (χ1) is 11.5. The highest BCUT2D eigenvalue weighted by Crippen LogP contribution is 2.23. The summed E-state index contributed by atoms with van der Waals surface area (Å²) < 4.78 is 0. The zero-order chi connectivity index (χ0) is 17.4. The molecule has 1 atom stereocenters. The third kappa shape index (κ3) is 5.64. The summed E-state index contributed by atoms with van der Waals surface area (Å²) in [5, 5.41) is 13.2. The lowest BCUT2D eigenvalue weighted by molar-refractivity contribution is -0.131. The van der Waals surface area contributed by atoms with Crippen molar-refractivity contribution in [1.29, 1.82) is 0 Å². The van der Waals surface area contributed by atoms with Crippen LogP contribution in [-0.2, 0) is 15.2 Å². The molecule has 5 nitrogen and oxygen atoms in total. The van der Waals surface area contributed by atoms with Crippen LogP contribution in [0.1, 0.15) is 51.0 Å². The predicted octanol–water partition coefficient (Wildman–Crippen LogP) is 2.19. The van der Waals surface area contributed by atoms with Gasteiger partial charge in [-0.3, -0.25) is 9.59 Å². The number of carbonyl (C=O) groups excluding carboxylic acids is 2. The van der Waals surface area contributed by atoms with E-state index in [1.807, 2.05) is 23.1 Å². The molecule has 1 aromatic rings. The van der Waals surface area contributed by atoms with E-state index in [2.05, 4.69) is 5.32 Å². The SMILES string of the molecule is CC(O)(CC(=O)NCCC(=O)N1CCCCCC1)c1ccccc1. The fourth-order valence-corrected chi connectivity index (χ4v) is 3.06. The van der Waals surface area contributed by atoms with Gasteiger partial charge in [-0.05, 0) is 25.3 Å². The van der Waals surface area contributed by atoms with E-state index in [-0.39, 0.29) is 18.2 Å². The normalized spacial score (nSPS) is 17.7. The Kier molecular flexibility index (Phi) is 6.79. The summed E-state index contributed by atoms with van der Waals surface area (Å²) >= 11 is 0. The Labute approximate surface area is 144 Å². The van der Waals surface area contributed by atoms with Crippen molar-refractivity contribution in [3.05, 3.63) is 35.9 Å². The van der Waals surface area contributed by atoms with Crippen molar-refractivity contribution >= 4 is 11.8 Å². The van der Waals surface area contributed by atoms with Crippen molar-refractivity contribution in [2.45, 2.75) is 51.0 Å². The van der Waals surface area contributed by atoms with E-state index in [0.717, 1.165) is 25.9 Å². The molecule has 0 bridgehead atoms. The summed E-state index contributed by atoms with van der Waals surface area (Å²) in [6.07, 6.45) is 4.81. The highest BCUT2D eigenvalue weighted by atomic mass is 16.3. The number of nitrogens with zero attached hydrogens (tertiary/aromatic N) is 1. The molecule has 0 radical (unpaired) electrons. The van der Waals surface area contributed by atoms with Crippen molar-refractivity contribution < 1.29 is 14.7 Å². The molecular weight excluding hydrogens is 304 g/mol. The fraction of sp³-hybridized carbons (Fsp3) is 0.579. The summed E-state index contributed by atoms with van der Waals surface area (Å²) in [7, 11) is 0. The Bertz CT molecular complexity index is 535. The molecule has 5 heteroatoms. The van der Waals surface area contributed by atoms with Crippen LogP contribution in [0.4, 0.5) is 0 Å². The molecule has 1 unspecified atom stereocenters. The molecule has 1 aliphatic rings. The van der Waals surface area contributed by atoms with Crippen LogP contribution in [0.25, 0.3) is 0 Å². The third-order valence-electron chi connectivity index (χ3n) is 4.52. The van der Waals surface area contributed by atoms with Crippen LogP contribution in [0, 0.1) is 0 Å². The quantitative estimate of drug-likeness (QED) is 0.839. The van der Waals surface area contributed by atoms with Crippen LogP contribution in [0.3, 0.4) is 0 Å². The second-order valence-corrected chi connectivity index (χ2v) is 6.71. The zero-order valence-corrected chi connectivity index (χ0v) is 14.5. The second kappa shape index (κ2) is 8.83. The molecule has 1 saturated heterocycles. The molecule has 24 heavy (non-hydrogen) atoms. The summed E-state index contributed by atoms with van der Waals surface area (Å²) in [6.45, 7) is 3.61. The molecule has 2 rings (SSSR count). The van der Waals surface area contributed by atoms with E-state index in [1.165, 1.54) is 12.8 Å². The molecule has 1 aliphatic heterocycles. The Hall–Kier alpha value is -1.88. The van der Waals surface area contributed by atoms with Crippen LogP contribution in [-0.4, -0.2) is 41.5 Å². The molecule has 2 N–H and O–H groups in total. The largest absolute Gasteiger partial charge is 0.385 e. The summed E-state index contributed by atoms with van der Waals surface area (Å²) in [5.41, 5.74) is -0.499. The van der Waals surface area contributed by atoms with Gasteiger partial charge in [0.25, 0.3) is 0 Å². The van der Waals surface area contributed by atoms with Crippen molar-refractivity contribution in [2.75, 3.05) is 19.6 Å². The molecule has 0 spiro atoms. The van der Waals surface area contributed by atoms with E-state index in [9.17, 15) is 14.7 Å². The van der Waals surface area contributed by atoms with E-state index in [4.69, 9.17) is 0 Å². The van der Waals surface area contributed by atoms with E-state index >= 15 is 0 Å². The summed E-state index contributed by atoms with van der Waals surface area (Å²) in [4.78, 5) is 26.1. The molecule has 0 aromatic heterocycles. The maximum Gasteiger partial charge on any atom is 0.224 e. The molecular formula is C19H28N2O3. The monoisotopic (exact) mass is 332 g/mol. The lowest BCUT2D eigenvalue weighted by atomic mass is 9.92. The molecule has 1 fully saturated rings. The van der Waals surface area contributed by atoms with Gasteiger partial charge >= 0.3 is 0 Å². The minimum atomic E-state index is -1.21. The van der Waals surface area contributed by atoms with Gasteiger partial charge in [-0.25, -0.2) is 0 Å². The van der Waals surface area contributed by atoms with Crippen molar-refractivity contribution in [3.63, 3.8) is 0 Å². The highest BCUT2D eigenvalue weighted by molar-refractivity contribution is 5.79. The molecule has 1 heterocycles. The topological polar surface area (TPSA) is 69.6 Å². The Morgan fingerprint density at radius 3 is 2.38 bits per heavy atom.